The second-order valence-corrected chi connectivity index (χ2v) is 13.9. The summed E-state index contributed by atoms with van der Waals surface area (Å²) < 4.78 is 0. The predicted octanol–water partition coefficient (Wildman–Crippen LogP) is 14.2. The summed E-state index contributed by atoms with van der Waals surface area (Å²) in [5.74, 6) is 0. The Morgan fingerprint density at radius 3 is 1.37 bits per heavy atom. The van der Waals surface area contributed by atoms with Gasteiger partial charge in [0.25, 0.3) is 0 Å². The van der Waals surface area contributed by atoms with Crippen LogP contribution in [-0.4, -0.2) is 4.98 Å². The maximum Gasteiger partial charge on any atom is 0.0722 e. The highest BCUT2D eigenvalue weighted by atomic mass is 14.7. The lowest BCUT2D eigenvalue weighted by atomic mass is 9.88. The minimum Gasteiger partial charge on any atom is -0.248 e. The van der Waals surface area contributed by atoms with Crippen molar-refractivity contribution in [2.45, 2.75) is 0 Å². The van der Waals surface area contributed by atoms with Gasteiger partial charge >= 0.3 is 0 Å². The van der Waals surface area contributed by atoms with E-state index in [2.05, 4.69) is 188 Å². The smallest absolute Gasteiger partial charge is 0.0722 e. The maximum atomic E-state index is 5.29. The number of hydrogen-bond acceptors (Lipinski definition) is 1. The normalized spacial score (nSPS) is 11.8. The van der Waals surface area contributed by atoms with E-state index in [-0.39, 0.29) is 0 Å². The molecule has 52 heavy (non-hydrogen) atoms. The van der Waals surface area contributed by atoms with Crippen LogP contribution in [-0.2, 0) is 0 Å². The topological polar surface area (TPSA) is 12.9 Å². The molecule has 0 saturated carbocycles. The van der Waals surface area contributed by atoms with E-state index < -0.39 is 0 Å². The van der Waals surface area contributed by atoms with Crippen molar-refractivity contribution in [1.82, 2.24) is 4.98 Å². The summed E-state index contributed by atoms with van der Waals surface area (Å²) in [6, 6.07) is 68.8. The molecule has 0 atom stereocenters. The average molecular weight is 658 g/mol. The molecule has 10 aromatic carbocycles. The zero-order valence-electron chi connectivity index (χ0n) is 28.3. The Bertz CT molecular complexity index is 3230. The molecule has 0 radical (unpaired) electrons. The number of hydrogen-bond donors (Lipinski definition) is 0. The molecule has 0 aliphatic rings. The van der Waals surface area contributed by atoms with Gasteiger partial charge in [-0.3, -0.25) is 0 Å². The molecule has 240 valence electrons. The van der Waals surface area contributed by atoms with Crippen LogP contribution < -0.4 is 0 Å². The van der Waals surface area contributed by atoms with Gasteiger partial charge in [-0.05, 0) is 112 Å². The lowest BCUT2D eigenvalue weighted by molar-refractivity contribution is 1.50. The van der Waals surface area contributed by atoms with E-state index in [1.165, 1.54) is 92.6 Å². The van der Waals surface area contributed by atoms with E-state index in [0.717, 1.165) is 16.4 Å². The Morgan fingerprint density at radius 1 is 0.269 bits per heavy atom. The van der Waals surface area contributed by atoms with Crippen LogP contribution >= 0.6 is 0 Å². The molecule has 1 heterocycles. The Hall–Kier alpha value is -6.83. The summed E-state index contributed by atoms with van der Waals surface area (Å²) in [6.07, 6.45) is 0. The number of fused-ring (bicyclic) bond motifs is 10. The molecule has 11 rings (SSSR count). The molecular formula is C51H31N. The average Bonchev–Trinajstić information content (AvgIpc) is 3.22. The second kappa shape index (κ2) is 11.3. The second-order valence-electron chi connectivity index (χ2n) is 13.9. The molecule has 11 aromatic rings. The third-order valence-corrected chi connectivity index (χ3v) is 11.0. The highest BCUT2D eigenvalue weighted by molar-refractivity contribution is 6.21. The molecule has 0 saturated heterocycles. The summed E-state index contributed by atoms with van der Waals surface area (Å²) in [7, 11) is 0. The van der Waals surface area contributed by atoms with Crippen LogP contribution in [0.3, 0.4) is 0 Å². The summed E-state index contributed by atoms with van der Waals surface area (Å²) in [5.41, 5.74) is 9.30. The standard InChI is InChI=1S/C51H31N/c1-6-16-40-32(11-1)25-28-49-51(40)50(34-23-21-33(22-24-34)45-29-35-12-2-4-14-38(35)41-17-7-9-19-43(41)45)47-31-37(26-27-48(47)52-49)46-30-36-13-3-5-15-39(36)42-18-8-10-20-44(42)46/h1-31H. The fourth-order valence-electron chi connectivity index (χ4n) is 8.58. The van der Waals surface area contributed by atoms with Crippen LogP contribution in [0.25, 0.3) is 109 Å². The fraction of sp³-hybridized carbons (Fsp3) is 0. The third-order valence-electron chi connectivity index (χ3n) is 11.0. The minimum absolute atomic E-state index is 0.997. The number of rotatable bonds is 3. The predicted molar refractivity (Wildman–Crippen MR) is 223 cm³/mol. The summed E-state index contributed by atoms with van der Waals surface area (Å²) in [4.78, 5) is 5.29. The number of benzene rings is 10. The molecule has 0 amide bonds. The van der Waals surface area contributed by atoms with Crippen molar-refractivity contribution in [1.29, 1.82) is 0 Å². The Kier molecular flexibility index (Phi) is 6.32. The van der Waals surface area contributed by atoms with Gasteiger partial charge < -0.3 is 0 Å². The Balaban J connectivity index is 1.18. The van der Waals surface area contributed by atoms with E-state index >= 15 is 0 Å². The lowest BCUT2D eigenvalue weighted by Crippen LogP contribution is -1.92. The molecule has 0 N–H and O–H groups in total. The molecule has 1 heteroatoms. The van der Waals surface area contributed by atoms with Gasteiger partial charge in [0, 0.05) is 16.3 Å². The molecule has 0 spiro atoms. The molecule has 0 fully saturated rings. The van der Waals surface area contributed by atoms with Gasteiger partial charge in [0.2, 0.25) is 0 Å². The summed E-state index contributed by atoms with van der Waals surface area (Å²) in [6.45, 7) is 0. The van der Waals surface area contributed by atoms with Gasteiger partial charge in [-0.1, -0.05) is 158 Å². The van der Waals surface area contributed by atoms with E-state index in [0.29, 0.717) is 0 Å². The van der Waals surface area contributed by atoms with Crippen molar-refractivity contribution in [2.24, 2.45) is 0 Å². The number of pyridine rings is 1. The van der Waals surface area contributed by atoms with Crippen LogP contribution in [0.15, 0.2) is 188 Å². The van der Waals surface area contributed by atoms with Gasteiger partial charge in [-0.2, -0.15) is 0 Å². The fourth-order valence-corrected chi connectivity index (χ4v) is 8.58. The van der Waals surface area contributed by atoms with Crippen LogP contribution in [0.4, 0.5) is 0 Å². The van der Waals surface area contributed by atoms with E-state index in [1.807, 2.05) is 0 Å². The summed E-state index contributed by atoms with van der Waals surface area (Å²) >= 11 is 0. The van der Waals surface area contributed by atoms with Gasteiger partial charge in [0.05, 0.1) is 11.0 Å². The first kappa shape index (κ1) is 29.0. The lowest BCUT2D eigenvalue weighted by Gasteiger charge is -2.17. The van der Waals surface area contributed by atoms with Gasteiger partial charge in [-0.15, -0.1) is 0 Å². The molecule has 0 bridgehead atoms. The van der Waals surface area contributed by atoms with Crippen molar-refractivity contribution in [3.63, 3.8) is 0 Å². The molecule has 0 aliphatic heterocycles. The van der Waals surface area contributed by atoms with E-state index in [9.17, 15) is 0 Å². The van der Waals surface area contributed by atoms with Crippen LogP contribution in [0.1, 0.15) is 0 Å². The van der Waals surface area contributed by atoms with Crippen molar-refractivity contribution in [3.8, 4) is 33.4 Å². The van der Waals surface area contributed by atoms with Crippen molar-refractivity contribution in [3.05, 3.63) is 188 Å². The monoisotopic (exact) mass is 657 g/mol. The zero-order chi connectivity index (χ0) is 34.2. The van der Waals surface area contributed by atoms with Crippen LogP contribution in [0, 0.1) is 0 Å². The largest absolute Gasteiger partial charge is 0.248 e. The first-order chi connectivity index (χ1) is 25.8. The minimum atomic E-state index is 0.997. The van der Waals surface area contributed by atoms with Gasteiger partial charge in [-0.25, -0.2) is 4.98 Å². The highest BCUT2D eigenvalue weighted by Crippen LogP contribution is 2.43. The summed E-state index contributed by atoms with van der Waals surface area (Å²) in [5, 5.41) is 14.9. The van der Waals surface area contributed by atoms with Gasteiger partial charge in [0.15, 0.2) is 0 Å². The molecule has 1 aromatic heterocycles. The van der Waals surface area contributed by atoms with E-state index in [1.54, 1.807) is 0 Å². The molecule has 1 nitrogen and oxygen atoms in total. The molecule has 0 unspecified atom stereocenters. The zero-order valence-corrected chi connectivity index (χ0v) is 28.3. The SMILES string of the molecule is c1ccc2c(c1)cc(-c1ccc(-c3c4cc(-c5cc6ccccc6c6ccccc56)ccc4nc4ccc5ccccc5c34)cc1)c1ccccc12. The maximum absolute atomic E-state index is 5.29. The third kappa shape index (κ3) is 4.39. The highest BCUT2D eigenvalue weighted by Gasteiger charge is 2.17. The van der Waals surface area contributed by atoms with E-state index in [4.69, 9.17) is 4.98 Å². The molecular weight excluding hydrogens is 627 g/mol. The van der Waals surface area contributed by atoms with Gasteiger partial charge in [0.1, 0.15) is 0 Å². The number of nitrogens with zero attached hydrogens (tertiary/aromatic N) is 1. The van der Waals surface area contributed by atoms with Crippen LogP contribution in [0.2, 0.25) is 0 Å². The van der Waals surface area contributed by atoms with Crippen LogP contribution in [0.5, 0.6) is 0 Å². The Morgan fingerprint density at radius 2 is 0.731 bits per heavy atom. The number of aromatic nitrogens is 1. The van der Waals surface area contributed by atoms with Crippen molar-refractivity contribution >= 4 is 75.7 Å². The first-order valence-corrected chi connectivity index (χ1v) is 18.0. The quantitative estimate of drug-likeness (QED) is 0.136. The first-order valence-electron chi connectivity index (χ1n) is 18.0. The van der Waals surface area contributed by atoms with Crippen molar-refractivity contribution in [2.75, 3.05) is 0 Å². The van der Waals surface area contributed by atoms with Crippen molar-refractivity contribution < 1.29 is 0 Å². The molecule has 0 aliphatic carbocycles. The Labute approximate surface area is 301 Å².